The monoisotopic (exact) mass is 250 g/mol. The van der Waals surface area contributed by atoms with E-state index in [0.717, 1.165) is 13.2 Å². The predicted molar refractivity (Wildman–Crippen MR) is 45.8 cm³/mol. The number of likely N-dealkylation sites (N-methyl/N-ethyl adjacent to an activating group) is 1. The van der Waals surface area contributed by atoms with Gasteiger partial charge in [-0.15, -0.1) is 0 Å². The summed E-state index contributed by atoms with van der Waals surface area (Å²) in [7, 11) is 5.75. The van der Waals surface area contributed by atoms with E-state index in [9.17, 15) is 0 Å². The Morgan fingerprint density at radius 1 is 1.33 bits per heavy atom. The second-order valence-corrected chi connectivity index (χ2v) is 2.94. The van der Waals surface area contributed by atoms with Crippen molar-refractivity contribution in [1.29, 1.82) is 0 Å². The Morgan fingerprint density at radius 3 is 2.33 bits per heavy atom. The van der Waals surface area contributed by atoms with E-state index in [2.05, 4.69) is 4.90 Å². The molecule has 0 spiro atoms. The fourth-order valence-corrected chi connectivity index (χ4v) is 0.719. The average Bonchev–Trinajstić information content (AvgIpc) is 1.87. The van der Waals surface area contributed by atoms with Gasteiger partial charge in [0.25, 0.3) is 0 Å². The molecule has 0 aliphatic rings. The summed E-state index contributed by atoms with van der Waals surface area (Å²) in [6, 6.07) is 0. The molecule has 0 aliphatic heterocycles. The first-order valence-electron chi connectivity index (χ1n) is 3.92. The van der Waals surface area contributed by atoms with Gasteiger partial charge in [-0.25, -0.2) is 0 Å². The molecule has 0 saturated heterocycles. The van der Waals surface area contributed by atoms with Crippen molar-refractivity contribution in [3.63, 3.8) is 0 Å². The molecule has 0 saturated carbocycles. The largest absolute Gasteiger partial charge is 0.382 e. The van der Waals surface area contributed by atoms with E-state index in [4.69, 9.17) is 9.47 Å². The zero-order chi connectivity index (χ0) is 8.69. The summed E-state index contributed by atoms with van der Waals surface area (Å²) < 4.78 is 10.3. The van der Waals surface area contributed by atoms with Crippen LogP contribution in [0.2, 0.25) is 0 Å². The summed E-state index contributed by atoms with van der Waals surface area (Å²) in [5.74, 6) is 0. The van der Waals surface area contributed by atoms with Gasteiger partial charge in [-0.05, 0) is 21.0 Å². The molecule has 0 N–H and O–H groups in total. The van der Waals surface area contributed by atoms with E-state index in [1.807, 2.05) is 21.0 Å². The van der Waals surface area contributed by atoms with Crippen molar-refractivity contribution in [1.82, 2.24) is 4.90 Å². The molecule has 0 rings (SSSR count). The maximum Gasteiger partial charge on any atom is 0.0780 e. The molecule has 1 unspecified atom stereocenters. The minimum absolute atomic E-state index is 0. The van der Waals surface area contributed by atoms with Gasteiger partial charge in [0.05, 0.1) is 19.3 Å². The molecule has 0 bridgehead atoms. The maximum absolute atomic E-state index is 5.43. The van der Waals surface area contributed by atoms with Gasteiger partial charge in [0.1, 0.15) is 0 Å². The van der Waals surface area contributed by atoms with Crippen LogP contribution in [0.15, 0.2) is 0 Å². The van der Waals surface area contributed by atoms with Crippen LogP contribution in [-0.2, 0) is 42.2 Å². The van der Waals surface area contributed by atoms with E-state index in [1.54, 1.807) is 7.11 Å². The van der Waals surface area contributed by atoms with Gasteiger partial charge in [0, 0.05) is 46.4 Å². The maximum atomic E-state index is 5.43. The van der Waals surface area contributed by atoms with Crippen molar-refractivity contribution in [2.45, 2.75) is 13.0 Å². The smallest absolute Gasteiger partial charge is 0.0780 e. The van der Waals surface area contributed by atoms with E-state index in [0.29, 0.717) is 6.61 Å². The summed E-state index contributed by atoms with van der Waals surface area (Å²) in [5.41, 5.74) is 0. The summed E-state index contributed by atoms with van der Waals surface area (Å²) in [5, 5.41) is 0. The molecule has 1 radical (unpaired) electrons. The molecular formula is C8H19NO2Y. The molecule has 0 heterocycles. The minimum atomic E-state index is 0. The molecule has 12 heavy (non-hydrogen) atoms. The number of hydrogen-bond acceptors (Lipinski definition) is 3. The SMILES string of the molecule is COCC(C)OCCN(C)C.[Y]. The number of rotatable bonds is 6. The van der Waals surface area contributed by atoms with Gasteiger partial charge in [0.15, 0.2) is 0 Å². The molecule has 0 aromatic rings. The van der Waals surface area contributed by atoms with Gasteiger partial charge in [-0.3, -0.25) is 0 Å². The van der Waals surface area contributed by atoms with Crippen molar-refractivity contribution < 1.29 is 42.2 Å². The van der Waals surface area contributed by atoms with E-state index in [-0.39, 0.29) is 38.8 Å². The third-order valence-corrected chi connectivity index (χ3v) is 1.34. The van der Waals surface area contributed by atoms with Gasteiger partial charge >= 0.3 is 0 Å². The second kappa shape index (κ2) is 10.1. The number of methoxy groups -OCH3 is 1. The number of hydrogen-bond donors (Lipinski definition) is 0. The Bertz CT molecular complexity index is 91.1. The molecule has 0 aromatic carbocycles. The zero-order valence-electron chi connectivity index (χ0n) is 8.54. The van der Waals surface area contributed by atoms with Crippen molar-refractivity contribution in [2.24, 2.45) is 0 Å². The van der Waals surface area contributed by atoms with E-state index < -0.39 is 0 Å². The van der Waals surface area contributed by atoms with Crippen LogP contribution in [-0.4, -0.2) is 52.0 Å². The van der Waals surface area contributed by atoms with Gasteiger partial charge in [0.2, 0.25) is 0 Å². The zero-order valence-corrected chi connectivity index (χ0v) is 11.4. The minimum Gasteiger partial charge on any atom is -0.382 e. The quantitative estimate of drug-likeness (QED) is 0.689. The normalized spacial score (nSPS) is 12.8. The molecule has 0 amide bonds. The summed E-state index contributed by atoms with van der Waals surface area (Å²) >= 11 is 0. The van der Waals surface area contributed by atoms with Crippen LogP contribution >= 0.6 is 0 Å². The molecule has 0 fully saturated rings. The molecular weight excluding hydrogens is 231 g/mol. The first-order chi connectivity index (χ1) is 5.16. The molecule has 4 heteroatoms. The third-order valence-electron chi connectivity index (χ3n) is 1.34. The Labute approximate surface area is 101 Å². The van der Waals surface area contributed by atoms with Gasteiger partial charge in [-0.1, -0.05) is 0 Å². The van der Waals surface area contributed by atoms with Gasteiger partial charge < -0.3 is 14.4 Å². The molecule has 1 atom stereocenters. The van der Waals surface area contributed by atoms with Crippen molar-refractivity contribution >= 4 is 0 Å². The standard InChI is InChI=1S/C8H19NO2.Y/c1-8(7-10-4)11-6-5-9(2)3;/h8H,5-7H2,1-4H3;. The van der Waals surface area contributed by atoms with E-state index in [1.165, 1.54) is 0 Å². The van der Waals surface area contributed by atoms with Crippen LogP contribution in [0, 0.1) is 0 Å². The summed E-state index contributed by atoms with van der Waals surface area (Å²) in [6.07, 6.45) is 0.208. The Kier molecular flexibility index (Phi) is 13.0. The molecule has 71 valence electrons. The first kappa shape index (κ1) is 15.5. The van der Waals surface area contributed by atoms with Crippen molar-refractivity contribution in [2.75, 3.05) is 41.0 Å². The number of nitrogens with zero attached hydrogens (tertiary/aromatic N) is 1. The summed E-state index contributed by atoms with van der Waals surface area (Å²) in [6.45, 7) is 4.43. The van der Waals surface area contributed by atoms with Crippen LogP contribution < -0.4 is 0 Å². The van der Waals surface area contributed by atoms with Crippen molar-refractivity contribution in [3.8, 4) is 0 Å². The van der Waals surface area contributed by atoms with Crippen LogP contribution in [0.25, 0.3) is 0 Å². The van der Waals surface area contributed by atoms with Crippen LogP contribution in [0.4, 0.5) is 0 Å². The predicted octanol–water partition coefficient (Wildman–Crippen LogP) is 0.597. The molecule has 0 aromatic heterocycles. The second-order valence-electron chi connectivity index (χ2n) is 2.94. The Balaban J connectivity index is 0. The first-order valence-corrected chi connectivity index (χ1v) is 3.92. The van der Waals surface area contributed by atoms with Gasteiger partial charge in [-0.2, -0.15) is 0 Å². The van der Waals surface area contributed by atoms with Crippen LogP contribution in [0.5, 0.6) is 0 Å². The fourth-order valence-electron chi connectivity index (χ4n) is 0.719. The Hall–Kier alpha value is 0.984. The fraction of sp³-hybridized carbons (Fsp3) is 1.00. The Morgan fingerprint density at radius 2 is 1.92 bits per heavy atom. The molecule has 3 nitrogen and oxygen atoms in total. The van der Waals surface area contributed by atoms with E-state index >= 15 is 0 Å². The third kappa shape index (κ3) is 11.0. The van der Waals surface area contributed by atoms with Crippen LogP contribution in [0.3, 0.4) is 0 Å². The topological polar surface area (TPSA) is 21.7 Å². The number of ether oxygens (including phenoxy) is 2. The van der Waals surface area contributed by atoms with Crippen LogP contribution in [0.1, 0.15) is 6.92 Å². The average molecular weight is 250 g/mol. The molecule has 0 aliphatic carbocycles. The summed E-state index contributed by atoms with van der Waals surface area (Å²) in [4.78, 5) is 2.10. The van der Waals surface area contributed by atoms with Crippen molar-refractivity contribution in [3.05, 3.63) is 0 Å².